The highest BCUT2D eigenvalue weighted by atomic mass is 35.5. The SMILES string of the molecule is COc1ccc(C(Cl)C(C)c2ccccc2)cc1C. The highest BCUT2D eigenvalue weighted by Crippen LogP contribution is 2.37. The molecule has 0 fully saturated rings. The number of rotatable bonds is 4. The molecule has 2 atom stereocenters. The molecule has 2 heteroatoms. The minimum absolute atomic E-state index is 0.0352. The molecule has 0 radical (unpaired) electrons. The summed E-state index contributed by atoms with van der Waals surface area (Å²) in [4.78, 5) is 0. The van der Waals surface area contributed by atoms with Gasteiger partial charge in [-0.25, -0.2) is 0 Å². The highest BCUT2D eigenvalue weighted by molar-refractivity contribution is 6.21. The van der Waals surface area contributed by atoms with Crippen LogP contribution in [0.5, 0.6) is 5.75 Å². The molecule has 0 N–H and O–H groups in total. The molecule has 0 amide bonds. The summed E-state index contributed by atoms with van der Waals surface area (Å²) in [5.41, 5.74) is 3.51. The second kappa shape index (κ2) is 6.12. The van der Waals surface area contributed by atoms with E-state index < -0.39 is 0 Å². The van der Waals surface area contributed by atoms with Crippen molar-refractivity contribution >= 4 is 11.6 Å². The van der Waals surface area contributed by atoms with E-state index in [1.54, 1.807) is 7.11 Å². The minimum Gasteiger partial charge on any atom is -0.496 e. The largest absolute Gasteiger partial charge is 0.496 e. The van der Waals surface area contributed by atoms with Crippen molar-refractivity contribution in [3.05, 3.63) is 65.2 Å². The van der Waals surface area contributed by atoms with Crippen molar-refractivity contribution in [1.29, 1.82) is 0 Å². The van der Waals surface area contributed by atoms with Crippen molar-refractivity contribution in [3.8, 4) is 5.75 Å². The summed E-state index contributed by atoms with van der Waals surface area (Å²) in [6, 6.07) is 16.5. The maximum atomic E-state index is 6.62. The summed E-state index contributed by atoms with van der Waals surface area (Å²) in [6.07, 6.45) is 0. The third-order valence-electron chi connectivity index (χ3n) is 3.50. The molecule has 0 aliphatic rings. The van der Waals surface area contributed by atoms with Crippen molar-refractivity contribution in [1.82, 2.24) is 0 Å². The molecule has 0 saturated heterocycles. The normalized spacial score (nSPS) is 13.9. The van der Waals surface area contributed by atoms with Gasteiger partial charge in [-0.05, 0) is 29.7 Å². The van der Waals surface area contributed by atoms with Crippen LogP contribution in [0.2, 0.25) is 0 Å². The van der Waals surface area contributed by atoms with E-state index in [1.807, 2.05) is 25.1 Å². The Morgan fingerprint density at radius 2 is 1.68 bits per heavy atom. The molecule has 0 aliphatic carbocycles. The average Bonchev–Trinajstić information content (AvgIpc) is 2.46. The van der Waals surface area contributed by atoms with Crippen molar-refractivity contribution < 1.29 is 4.74 Å². The first-order valence-electron chi connectivity index (χ1n) is 6.47. The van der Waals surface area contributed by atoms with Crippen LogP contribution in [0, 0.1) is 6.92 Å². The van der Waals surface area contributed by atoms with E-state index in [-0.39, 0.29) is 11.3 Å². The standard InChI is InChI=1S/C17H19ClO/c1-12-11-15(9-10-16(12)19-3)17(18)13(2)14-7-5-4-6-8-14/h4-11,13,17H,1-3H3. The fourth-order valence-corrected chi connectivity index (χ4v) is 2.57. The Morgan fingerprint density at radius 3 is 2.26 bits per heavy atom. The second-order valence-corrected chi connectivity index (χ2v) is 5.30. The fourth-order valence-electron chi connectivity index (χ4n) is 2.29. The van der Waals surface area contributed by atoms with Gasteiger partial charge in [-0.15, -0.1) is 11.6 Å². The molecule has 0 spiro atoms. The van der Waals surface area contributed by atoms with Gasteiger partial charge in [-0.2, -0.15) is 0 Å². The quantitative estimate of drug-likeness (QED) is 0.706. The van der Waals surface area contributed by atoms with Gasteiger partial charge in [0.2, 0.25) is 0 Å². The summed E-state index contributed by atoms with van der Waals surface area (Å²) >= 11 is 6.62. The lowest BCUT2D eigenvalue weighted by atomic mass is 9.92. The Bertz CT molecular complexity index is 536. The van der Waals surface area contributed by atoms with E-state index in [4.69, 9.17) is 16.3 Å². The zero-order chi connectivity index (χ0) is 13.8. The Balaban J connectivity index is 2.24. The highest BCUT2D eigenvalue weighted by Gasteiger charge is 2.18. The lowest BCUT2D eigenvalue weighted by molar-refractivity contribution is 0.411. The van der Waals surface area contributed by atoms with E-state index in [1.165, 1.54) is 5.56 Å². The monoisotopic (exact) mass is 274 g/mol. The van der Waals surface area contributed by atoms with Gasteiger partial charge in [0.05, 0.1) is 12.5 Å². The van der Waals surface area contributed by atoms with E-state index in [9.17, 15) is 0 Å². The number of halogens is 1. The molecule has 19 heavy (non-hydrogen) atoms. The van der Waals surface area contributed by atoms with Gasteiger partial charge in [-0.3, -0.25) is 0 Å². The number of hydrogen-bond donors (Lipinski definition) is 0. The molecule has 2 aromatic rings. The van der Waals surface area contributed by atoms with Crippen molar-refractivity contribution in [2.24, 2.45) is 0 Å². The Kier molecular flexibility index (Phi) is 4.49. The number of aryl methyl sites for hydroxylation is 1. The first kappa shape index (κ1) is 14.0. The summed E-state index contributed by atoms with van der Waals surface area (Å²) in [7, 11) is 1.69. The van der Waals surface area contributed by atoms with Crippen LogP contribution in [0.1, 0.15) is 34.9 Å². The lowest BCUT2D eigenvalue weighted by Gasteiger charge is -2.20. The second-order valence-electron chi connectivity index (χ2n) is 4.83. The molecule has 1 nitrogen and oxygen atoms in total. The summed E-state index contributed by atoms with van der Waals surface area (Å²) in [5, 5.41) is -0.0352. The minimum atomic E-state index is -0.0352. The van der Waals surface area contributed by atoms with E-state index >= 15 is 0 Å². The summed E-state index contributed by atoms with van der Waals surface area (Å²) in [5.74, 6) is 1.18. The lowest BCUT2D eigenvalue weighted by Crippen LogP contribution is -2.03. The molecular weight excluding hydrogens is 256 g/mol. The van der Waals surface area contributed by atoms with E-state index in [2.05, 4.69) is 37.3 Å². The Morgan fingerprint density at radius 1 is 1.00 bits per heavy atom. The first-order valence-corrected chi connectivity index (χ1v) is 6.90. The number of hydrogen-bond acceptors (Lipinski definition) is 1. The smallest absolute Gasteiger partial charge is 0.121 e. The molecule has 2 unspecified atom stereocenters. The van der Waals surface area contributed by atoms with Gasteiger partial charge in [0.25, 0.3) is 0 Å². The first-order chi connectivity index (χ1) is 9.13. The third-order valence-corrected chi connectivity index (χ3v) is 4.13. The number of ether oxygens (including phenoxy) is 1. The maximum Gasteiger partial charge on any atom is 0.121 e. The van der Waals surface area contributed by atoms with Crippen molar-refractivity contribution in [3.63, 3.8) is 0 Å². The molecule has 0 aliphatic heterocycles. The van der Waals surface area contributed by atoms with Gasteiger partial charge in [-0.1, -0.05) is 49.4 Å². The Labute approximate surface area is 120 Å². The third kappa shape index (κ3) is 3.10. The fraction of sp³-hybridized carbons (Fsp3) is 0.294. The van der Waals surface area contributed by atoms with Crippen LogP contribution in [0.3, 0.4) is 0 Å². The summed E-state index contributed by atoms with van der Waals surface area (Å²) in [6.45, 7) is 4.20. The van der Waals surface area contributed by atoms with Gasteiger partial charge < -0.3 is 4.74 Å². The van der Waals surface area contributed by atoms with Crippen molar-refractivity contribution in [2.75, 3.05) is 7.11 Å². The van der Waals surface area contributed by atoms with Crippen LogP contribution in [0.15, 0.2) is 48.5 Å². The number of methoxy groups -OCH3 is 1. The predicted molar refractivity (Wildman–Crippen MR) is 81.2 cm³/mol. The zero-order valence-electron chi connectivity index (χ0n) is 11.6. The molecule has 0 saturated carbocycles. The van der Waals surface area contributed by atoms with Crippen LogP contribution in [-0.2, 0) is 0 Å². The van der Waals surface area contributed by atoms with Gasteiger partial charge in [0.1, 0.15) is 5.75 Å². The van der Waals surface area contributed by atoms with Crippen molar-refractivity contribution in [2.45, 2.75) is 25.1 Å². The van der Waals surface area contributed by atoms with Crippen LogP contribution >= 0.6 is 11.6 Å². The molecule has 0 heterocycles. The number of alkyl halides is 1. The van der Waals surface area contributed by atoms with Crippen LogP contribution in [0.25, 0.3) is 0 Å². The number of benzene rings is 2. The molecule has 2 rings (SSSR count). The van der Waals surface area contributed by atoms with E-state index in [0.29, 0.717) is 0 Å². The van der Waals surface area contributed by atoms with Gasteiger partial charge in [0.15, 0.2) is 0 Å². The van der Waals surface area contributed by atoms with Gasteiger partial charge >= 0.3 is 0 Å². The molecule has 0 bridgehead atoms. The van der Waals surface area contributed by atoms with Crippen LogP contribution in [-0.4, -0.2) is 7.11 Å². The molecule has 0 aromatic heterocycles. The molecule has 100 valence electrons. The maximum absolute atomic E-state index is 6.62. The van der Waals surface area contributed by atoms with Gasteiger partial charge in [0, 0.05) is 5.92 Å². The predicted octanol–water partition coefficient (Wildman–Crippen LogP) is 5.09. The van der Waals surface area contributed by atoms with Crippen LogP contribution < -0.4 is 4.74 Å². The van der Waals surface area contributed by atoms with Crippen LogP contribution in [0.4, 0.5) is 0 Å². The summed E-state index contributed by atoms with van der Waals surface area (Å²) < 4.78 is 5.28. The zero-order valence-corrected chi connectivity index (χ0v) is 12.3. The van der Waals surface area contributed by atoms with E-state index in [0.717, 1.165) is 16.9 Å². The molecule has 2 aromatic carbocycles. The topological polar surface area (TPSA) is 9.23 Å². The Hall–Kier alpha value is -1.47. The molecular formula is C17H19ClO. The average molecular weight is 275 g/mol.